The van der Waals surface area contributed by atoms with Crippen molar-refractivity contribution in [2.45, 2.75) is 57.5 Å². The Bertz CT molecular complexity index is 624. The van der Waals surface area contributed by atoms with Gasteiger partial charge in [-0.3, -0.25) is 29.0 Å². The molecule has 0 saturated heterocycles. The molecule has 10 nitrogen and oxygen atoms in total. The molecular formula is C19H30N2O8S. The summed E-state index contributed by atoms with van der Waals surface area (Å²) >= 11 is 5.41. The van der Waals surface area contributed by atoms with Crippen molar-refractivity contribution in [3.05, 3.63) is 0 Å². The summed E-state index contributed by atoms with van der Waals surface area (Å²) in [4.78, 5) is 48.8. The Balaban J connectivity index is 3.19. The Kier molecular flexibility index (Phi) is 10.8. The van der Waals surface area contributed by atoms with Crippen LogP contribution >= 0.6 is 12.2 Å². The smallest absolute Gasteiger partial charge is 0.317 e. The third kappa shape index (κ3) is 9.14. The van der Waals surface area contributed by atoms with Crippen LogP contribution in [0.15, 0.2) is 0 Å². The second-order valence-electron chi connectivity index (χ2n) is 7.69. The summed E-state index contributed by atoms with van der Waals surface area (Å²) in [6.45, 7) is -0.106. The van der Waals surface area contributed by atoms with Gasteiger partial charge in [0.2, 0.25) is 0 Å². The molecule has 170 valence electrons. The van der Waals surface area contributed by atoms with Gasteiger partial charge in [0.05, 0.1) is 26.2 Å². The summed E-state index contributed by atoms with van der Waals surface area (Å²) in [5, 5.41) is 37.0. The lowest BCUT2D eigenvalue weighted by atomic mass is 9.78. The standard InChI is InChI=1S/C19H30N2O8S/c1-2-3-13(30)6-12-4-5-14(20(8-16(22)23)9-17(24)25)15(7-12)21(10-18(26)27)11-19(28)29/h12,14-15H,2-11H2,1H3,(H,22,23)(H,24,25)(H,26,27)(H,28,29). The van der Waals surface area contributed by atoms with Gasteiger partial charge < -0.3 is 20.4 Å². The van der Waals surface area contributed by atoms with E-state index in [1.165, 1.54) is 9.80 Å². The molecule has 0 radical (unpaired) electrons. The van der Waals surface area contributed by atoms with Crippen molar-refractivity contribution in [3.8, 4) is 0 Å². The molecule has 1 fully saturated rings. The number of carboxylic acids is 4. The third-order valence-corrected chi connectivity index (χ3v) is 5.60. The fourth-order valence-corrected chi connectivity index (χ4v) is 4.64. The predicted octanol–water partition coefficient (Wildman–Crippen LogP) is 1.03. The Morgan fingerprint density at radius 1 is 0.800 bits per heavy atom. The molecule has 1 saturated carbocycles. The molecule has 11 heteroatoms. The van der Waals surface area contributed by atoms with Crippen molar-refractivity contribution >= 4 is 41.0 Å². The van der Waals surface area contributed by atoms with Crippen molar-refractivity contribution in [1.82, 2.24) is 9.80 Å². The molecule has 1 aliphatic rings. The van der Waals surface area contributed by atoms with Crippen LogP contribution in [0.5, 0.6) is 0 Å². The topological polar surface area (TPSA) is 156 Å². The van der Waals surface area contributed by atoms with E-state index in [4.69, 9.17) is 12.2 Å². The maximum atomic E-state index is 11.4. The number of aliphatic carboxylic acids is 4. The highest BCUT2D eigenvalue weighted by molar-refractivity contribution is 7.80. The van der Waals surface area contributed by atoms with Gasteiger partial charge in [0, 0.05) is 12.1 Å². The molecule has 0 spiro atoms. The minimum Gasteiger partial charge on any atom is -0.480 e. The average Bonchev–Trinajstić information content (AvgIpc) is 2.59. The lowest BCUT2D eigenvalue weighted by Crippen LogP contribution is -2.58. The van der Waals surface area contributed by atoms with Crippen molar-refractivity contribution in [1.29, 1.82) is 0 Å². The first-order chi connectivity index (χ1) is 14.0. The monoisotopic (exact) mass is 446 g/mol. The van der Waals surface area contributed by atoms with E-state index < -0.39 is 62.1 Å². The molecule has 1 aliphatic carbocycles. The van der Waals surface area contributed by atoms with E-state index >= 15 is 0 Å². The zero-order valence-corrected chi connectivity index (χ0v) is 17.8. The molecule has 4 N–H and O–H groups in total. The third-order valence-electron chi connectivity index (χ3n) is 5.23. The SMILES string of the molecule is CCCC(=S)CC1CCC(N(CC(=O)O)CC(=O)O)C(N(CC(=O)O)CC(=O)O)C1. The Labute approximate surface area is 180 Å². The van der Waals surface area contributed by atoms with Gasteiger partial charge in [0.25, 0.3) is 0 Å². The number of thiocarbonyl (C=S) groups is 1. The van der Waals surface area contributed by atoms with E-state index in [1.807, 2.05) is 6.92 Å². The highest BCUT2D eigenvalue weighted by Crippen LogP contribution is 2.34. The molecule has 0 aromatic carbocycles. The van der Waals surface area contributed by atoms with Crippen LogP contribution < -0.4 is 0 Å². The molecule has 0 amide bonds. The van der Waals surface area contributed by atoms with Crippen molar-refractivity contribution in [3.63, 3.8) is 0 Å². The van der Waals surface area contributed by atoms with Crippen LogP contribution in [0.3, 0.4) is 0 Å². The molecule has 3 atom stereocenters. The molecule has 0 aromatic rings. The minimum absolute atomic E-state index is 0.104. The zero-order chi connectivity index (χ0) is 22.8. The number of carboxylic acid groups (broad SMARTS) is 4. The van der Waals surface area contributed by atoms with Crippen molar-refractivity contribution < 1.29 is 39.6 Å². The summed E-state index contributed by atoms with van der Waals surface area (Å²) in [6.07, 6.45) is 3.88. The average molecular weight is 447 g/mol. The van der Waals surface area contributed by atoms with E-state index in [0.29, 0.717) is 25.7 Å². The Morgan fingerprint density at radius 2 is 1.23 bits per heavy atom. The van der Waals surface area contributed by atoms with Gasteiger partial charge in [-0.25, -0.2) is 0 Å². The fourth-order valence-electron chi connectivity index (χ4n) is 4.20. The quantitative estimate of drug-likeness (QED) is 0.283. The lowest BCUT2D eigenvalue weighted by molar-refractivity contribution is -0.149. The summed E-state index contributed by atoms with van der Waals surface area (Å²) in [5.74, 6) is -4.72. The van der Waals surface area contributed by atoms with Crippen LogP contribution in [0.1, 0.15) is 45.4 Å². The molecule has 0 heterocycles. The highest BCUT2D eigenvalue weighted by atomic mass is 32.1. The summed E-state index contributed by atoms with van der Waals surface area (Å²) in [5.41, 5.74) is 0. The maximum Gasteiger partial charge on any atom is 0.317 e. The maximum absolute atomic E-state index is 11.4. The summed E-state index contributed by atoms with van der Waals surface area (Å²) < 4.78 is 0. The number of hydrogen-bond acceptors (Lipinski definition) is 7. The number of nitrogens with zero attached hydrogens (tertiary/aromatic N) is 2. The van der Waals surface area contributed by atoms with Crippen LogP contribution in [-0.4, -0.2) is 97.2 Å². The molecule has 30 heavy (non-hydrogen) atoms. The van der Waals surface area contributed by atoms with Crippen molar-refractivity contribution in [2.24, 2.45) is 5.92 Å². The highest BCUT2D eigenvalue weighted by Gasteiger charge is 2.40. The van der Waals surface area contributed by atoms with Gasteiger partial charge in [-0.05, 0) is 42.9 Å². The van der Waals surface area contributed by atoms with Gasteiger partial charge in [-0.15, -0.1) is 0 Å². The molecule has 3 unspecified atom stereocenters. The van der Waals surface area contributed by atoms with Crippen LogP contribution in [-0.2, 0) is 19.2 Å². The minimum atomic E-state index is -1.21. The van der Waals surface area contributed by atoms with E-state index in [1.54, 1.807) is 0 Å². The van der Waals surface area contributed by atoms with Crippen molar-refractivity contribution in [2.75, 3.05) is 26.2 Å². The van der Waals surface area contributed by atoms with Gasteiger partial charge >= 0.3 is 23.9 Å². The van der Waals surface area contributed by atoms with Gasteiger partial charge in [-0.1, -0.05) is 25.6 Å². The van der Waals surface area contributed by atoms with Gasteiger partial charge in [-0.2, -0.15) is 0 Å². The number of hydrogen-bond donors (Lipinski definition) is 4. The second-order valence-corrected chi connectivity index (χ2v) is 8.27. The molecule has 0 aliphatic heterocycles. The van der Waals surface area contributed by atoms with Crippen LogP contribution in [0.2, 0.25) is 0 Å². The van der Waals surface area contributed by atoms with Crippen LogP contribution in [0.4, 0.5) is 0 Å². The summed E-state index contributed by atoms with van der Waals surface area (Å²) in [7, 11) is 0. The first kappa shape index (κ1) is 25.9. The molecule has 1 rings (SSSR count). The van der Waals surface area contributed by atoms with Gasteiger partial charge in [0.15, 0.2) is 0 Å². The first-order valence-electron chi connectivity index (χ1n) is 9.90. The molecule has 0 aromatic heterocycles. The van der Waals surface area contributed by atoms with E-state index in [-0.39, 0.29) is 5.92 Å². The van der Waals surface area contributed by atoms with E-state index in [9.17, 15) is 39.6 Å². The molecular weight excluding hydrogens is 416 g/mol. The zero-order valence-electron chi connectivity index (χ0n) is 17.0. The van der Waals surface area contributed by atoms with Gasteiger partial charge in [0.1, 0.15) is 0 Å². The normalized spacial score (nSPS) is 21.5. The fraction of sp³-hybridized carbons (Fsp3) is 0.737. The predicted molar refractivity (Wildman–Crippen MR) is 111 cm³/mol. The Hall–Kier alpha value is -2.11. The number of rotatable bonds is 14. The molecule has 0 bridgehead atoms. The van der Waals surface area contributed by atoms with E-state index in [2.05, 4.69) is 0 Å². The first-order valence-corrected chi connectivity index (χ1v) is 10.3. The second kappa shape index (κ2) is 12.6. The van der Waals surface area contributed by atoms with Crippen LogP contribution in [0, 0.1) is 5.92 Å². The largest absolute Gasteiger partial charge is 0.480 e. The van der Waals surface area contributed by atoms with E-state index in [0.717, 1.165) is 17.7 Å². The van der Waals surface area contributed by atoms with Crippen LogP contribution in [0.25, 0.3) is 0 Å². The Morgan fingerprint density at radius 3 is 1.63 bits per heavy atom. The summed E-state index contributed by atoms with van der Waals surface area (Å²) in [6, 6.07) is -1.20. The lowest BCUT2D eigenvalue weighted by Gasteiger charge is -2.45. The number of carbonyl (C=O) groups is 4.